The summed E-state index contributed by atoms with van der Waals surface area (Å²) in [6.07, 6.45) is 6.03. The van der Waals surface area contributed by atoms with Crippen LogP contribution in [0.15, 0.2) is 0 Å². The Bertz CT molecular complexity index is 281. The smallest absolute Gasteiger partial charge is 0.407 e. The van der Waals surface area contributed by atoms with Gasteiger partial charge in [0.15, 0.2) is 0 Å². The van der Waals surface area contributed by atoms with Gasteiger partial charge in [-0.3, -0.25) is 4.90 Å². The standard InChI is InChI=1S/C15H31N3O2/c1-15(2,3)20-14(19)17-12-13(11-16)18-9-7-5-4-6-8-10-18/h13H,4-12,16H2,1-3H3,(H,17,19). The lowest BCUT2D eigenvalue weighted by molar-refractivity contribution is 0.0506. The van der Waals surface area contributed by atoms with Gasteiger partial charge in [0.2, 0.25) is 0 Å². The van der Waals surface area contributed by atoms with Gasteiger partial charge >= 0.3 is 6.09 Å². The SMILES string of the molecule is CC(C)(C)OC(=O)NCC(CN)N1CCCCCCC1. The van der Waals surface area contributed by atoms with Crippen LogP contribution in [0.2, 0.25) is 0 Å². The molecule has 1 heterocycles. The molecule has 3 N–H and O–H groups in total. The zero-order valence-electron chi connectivity index (χ0n) is 13.3. The monoisotopic (exact) mass is 285 g/mol. The molecule has 1 saturated heterocycles. The summed E-state index contributed by atoms with van der Waals surface area (Å²) in [5, 5.41) is 2.84. The number of amides is 1. The van der Waals surface area contributed by atoms with Crippen molar-refractivity contribution in [3.8, 4) is 0 Å². The molecule has 118 valence electrons. The normalized spacial score (nSPS) is 19.8. The van der Waals surface area contributed by atoms with E-state index in [0.717, 1.165) is 13.1 Å². The molecule has 20 heavy (non-hydrogen) atoms. The Kier molecular flexibility index (Phi) is 7.30. The second kappa shape index (κ2) is 8.47. The van der Waals surface area contributed by atoms with E-state index in [0.29, 0.717) is 13.1 Å². The number of nitrogens with zero attached hydrogens (tertiary/aromatic N) is 1. The molecule has 1 aliphatic rings. The quantitative estimate of drug-likeness (QED) is 0.830. The van der Waals surface area contributed by atoms with E-state index >= 15 is 0 Å². The van der Waals surface area contributed by atoms with Crippen LogP contribution in [0.1, 0.15) is 52.9 Å². The first-order valence-corrected chi connectivity index (χ1v) is 7.83. The summed E-state index contributed by atoms with van der Waals surface area (Å²) < 4.78 is 5.26. The van der Waals surface area contributed by atoms with Gasteiger partial charge in [-0.2, -0.15) is 0 Å². The summed E-state index contributed by atoms with van der Waals surface area (Å²) in [6.45, 7) is 8.89. The first kappa shape index (κ1) is 17.2. The van der Waals surface area contributed by atoms with Crippen LogP contribution < -0.4 is 11.1 Å². The Labute approximate surface area is 123 Å². The van der Waals surface area contributed by atoms with Crippen molar-refractivity contribution in [3.05, 3.63) is 0 Å². The Morgan fingerprint density at radius 1 is 1.20 bits per heavy atom. The number of carbonyl (C=O) groups excluding carboxylic acids is 1. The van der Waals surface area contributed by atoms with Crippen LogP contribution in [-0.2, 0) is 4.74 Å². The Balaban J connectivity index is 2.39. The van der Waals surface area contributed by atoms with Gasteiger partial charge in [0.25, 0.3) is 0 Å². The highest BCUT2D eigenvalue weighted by atomic mass is 16.6. The van der Waals surface area contributed by atoms with Gasteiger partial charge in [-0.1, -0.05) is 19.3 Å². The topological polar surface area (TPSA) is 67.6 Å². The van der Waals surface area contributed by atoms with Crippen molar-refractivity contribution < 1.29 is 9.53 Å². The second-order valence-corrected chi connectivity index (χ2v) is 6.58. The van der Waals surface area contributed by atoms with Crippen molar-refractivity contribution in [2.75, 3.05) is 26.2 Å². The van der Waals surface area contributed by atoms with E-state index in [2.05, 4.69) is 10.2 Å². The second-order valence-electron chi connectivity index (χ2n) is 6.58. The summed E-state index contributed by atoms with van der Waals surface area (Å²) in [7, 11) is 0. The number of likely N-dealkylation sites (tertiary alicyclic amines) is 1. The lowest BCUT2D eigenvalue weighted by Crippen LogP contribution is -2.49. The predicted octanol–water partition coefficient (Wildman–Crippen LogP) is 2.10. The highest BCUT2D eigenvalue weighted by Gasteiger charge is 2.20. The minimum Gasteiger partial charge on any atom is -0.444 e. The largest absolute Gasteiger partial charge is 0.444 e. The van der Waals surface area contributed by atoms with Crippen molar-refractivity contribution in [1.29, 1.82) is 0 Å². The summed E-state index contributed by atoms with van der Waals surface area (Å²) in [4.78, 5) is 14.1. The van der Waals surface area contributed by atoms with Crippen molar-refractivity contribution in [3.63, 3.8) is 0 Å². The molecule has 0 aromatic carbocycles. The van der Waals surface area contributed by atoms with Gasteiger partial charge < -0.3 is 15.8 Å². The van der Waals surface area contributed by atoms with Gasteiger partial charge in [-0.15, -0.1) is 0 Å². The van der Waals surface area contributed by atoms with E-state index < -0.39 is 5.60 Å². The molecule has 0 radical (unpaired) electrons. The molecule has 1 fully saturated rings. The molecule has 0 saturated carbocycles. The third-order valence-electron chi connectivity index (χ3n) is 3.56. The fourth-order valence-corrected chi connectivity index (χ4v) is 2.51. The van der Waals surface area contributed by atoms with Crippen LogP contribution in [0.5, 0.6) is 0 Å². The van der Waals surface area contributed by atoms with Crippen LogP contribution in [0.25, 0.3) is 0 Å². The molecule has 0 aliphatic carbocycles. The number of ether oxygens (including phenoxy) is 1. The van der Waals surface area contributed by atoms with Crippen molar-refractivity contribution in [1.82, 2.24) is 10.2 Å². The van der Waals surface area contributed by atoms with Crippen molar-refractivity contribution in [2.24, 2.45) is 5.73 Å². The third kappa shape index (κ3) is 7.10. The lowest BCUT2D eigenvalue weighted by atomic mass is 10.1. The lowest BCUT2D eigenvalue weighted by Gasteiger charge is -2.32. The molecule has 0 aromatic rings. The number of nitrogens with two attached hydrogens (primary N) is 1. The molecule has 0 spiro atoms. The fraction of sp³-hybridized carbons (Fsp3) is 0.933. The van der Waals surface area contributed by atoms with E-state index in [9.17, 15) is 4.79 Å². The van der Waals surface area contributed by atoms with Gasteiger partial charge in [-0.25, -0.2) is 4.79 Å². The number of hydrogen-bond acceptors (Lipinski definition) is 4. The van der Waals surface area contributed by atoms with E-state index in [1.165, 1.54) is 32.1 Å². The van der Waals surface area contributed by atoms with Gasteiger partial charge in [0.05, 0.1) is 0 Å². The first-order chi connectivity index (χ1) is 9.42. The Hall–Kier alpha value is -0.810. The Morgan fingerprint density at radius 2 is 1.75 bits per heavy atom. The molecule has 1 amide bonds. The van der Waals surface area contributed by atoms with Gasteiger partial charge in [0, 0.05) is 19.1 Å². The zero-order chi connectivity index (χ0) is 15.0. The molecule has 1 atom stereocenters. The average molecular weight is 285 g/mol. The number of rotatable bonds is 4. The summed E-state index contributed by atoms with van der Waals surface area (Å²) in [6, 6.07) is 0.209. The fourth-order valence-electron chi connectivity index (χ4n) is 2.51. The minimum absolute atomic E-state index is 0.209. The van der Waals surface area contributed by atoms with Crippen molar-refractivity contribution in [2.45, 2.75) is 64.5 Å². The highest BCUT2D eigenvalue weighted by molar-refractivity contribution is 5.67. The molecule has 0 bridgehead atoms. The molecular formula is C15H31N3O2. The molecule has 1 aliphatic heterocycles. The number of carbonyl (C=O) groups is 1. The summed E-state index contributed by atoms with van der Waals surface area (Å²) in [5.41, 5.74) is 5.42. The summed E-state index contributed by atoms with van der Waals surface area (Å²) >= 11 is 0. The zero-order valence-corrected chi connectivity index (χ0v) is 13.3. The molecule has 1 rings (SSSR count). The van der Waals surface area contributed by atoms with Crippen LogP contribution in [0, 0.1) is 0 Å². The molecule has 0 aromatic heterocycles. The molecule has 5 heteroatoms. The van der Waals surface area contributed by atoms with Crippen LogP contribution in [0.3, 0.4) is 0 Å². The van der Waals surface area contributed by atoms with E-state index in [1.54, 1.807) is 0 Å². The molecule has 5 nitrogen and oxygen atoms in total. The highest BCUT2D eigenvalue weighted by Crippen LogP contribution is 2.12. The first-order valence-electron chi connectivity index (χ1n) is 7.83. The maximum Gasteiger partial charge on any atom is 0.407 e. The van der Waals surface area contributed by atoms with Gasteiger partial charge in [-0.05, 0) is 46.7 Å². The number of hydrogen-bond donors (Lipinski definition) is 2. The van der Waals surface area contributed by atoms with Crippen LogP contribution in [0.4, 0.5) is 4.79 Å². The average Bonchev–Trinajstić information content (AvgIpc) is 2.29. The van der Waals surface area contributed by atoms with E-state index in [-0.39, 0.29) is 12.1 Å². The maximum atomic E-state index is 11.7. The predicted molar refractivity (Wildman–Crippen MR) is 81.7 cm³/mol. The maximum absolute atomic E-state index is 11.7. The van der Waals surface area contributed by atoms with E-state index in [1.807, 2.05) is 20.8 Å². The van der Waals surface area contributed by atoms with Crippen LogP contribution >= 0.6 is 0 Å². The number of alkyl carbamates (subject to hydrolysis) is 1. The minimum atomic E-state index is -0.456. The molecular weight excluding hydrogens is 254 g/mol. The third-order valence-corrected chi connectivity index (χ3v) is 3.56. The molecule has 1 unspecified atom stereocenters. The van der Waals surface area contributed by atoms with Crippen LogP contribution in [-0.4, -0.2) is 48.8 Å². The Morgan fingerprint density at radius 3 is 2.25 bits per heavy atom. The number of nitrogens with one attached hydrogen (secondary N) is 1. The van der Waals surface area contributed by atoms with E-state index in [4.69, 9.17) is 10.5 Å². The summed E-state index contributed by atoms with van der Waals surface area (Å²) in [5.74, 6) is 0. The van der Waals surface area contributed by atoms with Gasteiger partial charge in [0.1, 0.15) is 5.60 Å². The van der Waals surface area contributed by atoms with Crippen molar-refractivity contribution >= 4 is 6.09 Å².